The molecule has 17 heavy (non-hydrogen) atoms. The van der Waals surface area contributed by atoms with Gasteiger partial charge in [0, 0.05) is 23.9 Å². The lowest BCUT2D eigenvalue weighted by Crippen LogP contribution is -2.53. The highest BCUT2D eigenvalue weighted by atomic mass is 16.5. The minimum Gasteiger partial charge on any atom is -0.379 e. The van der Waals surface area contributed by atoms with E-state index >= 15 is 0 Å². The summed E-state index contributed by atoms with van der Waals surface area (Å²) in [7, 11) is 0. The third kappa shape index (κ3) is 1.87. The predicted octanol–water partition coefficient (Wildman–Crippen LogP) is 1.87. The molecule has 2 N–H and O–H groups in total. The Morgan fingerprint density at radius 1 is 1.12 bits per heavy atom. The number of hydrogen-bond acceptors (Lipinski definition) is 3. The summed E-state index contributed by atoms with van der Waals surface area (Å²) in [6, 6.07) is 4.72. The molecule has 2 fully saturated rings. The Morgan fingerprint density at radius 2 is 1.76 bits per heavy atom. The molecule has 1 aliphatic heterocycles. The zero-order valence-electron chi connectivity index (χ0n) is 10.1. The van der Waals surface area contributed by atoms with Gasteiger partial charge >= 0.3 is 0 Å². The Kier molecular flexibility index (Phi) is 2.89. The second-order valence-corrected chi connectivity index (χ2v) is 5.50. The quantitative estimate of drug-likeness (QED) is 0.846. The van der Waals surface area contributed by atoms with Crippen molar-refractivity contribution in [2.75, 3.05) is 13.2 Å². The van der Waals surface area contributed by atoms with Gasteiger partial charge in [-0.05, 0) is 49.3 Å². The van der Waals surface area contributed by atoms with Gasteiger partial charge in [-0.15, -0.1) is 0 Å². The van der Waals surface area contributed by atoms with E-state index in [4.69, 9.17) is 10.5 Å². The number of pyridine rings is 1. The van der Waals surface area contributed by atoms with Crippen LogP contribution >= 0.6 is 0 Å². The molecule has 2 heterocycles. The summed E-state index contributed by atoms with van der Waals surface area (Å²) in [6.45, 7) is 1.74. The molecule has 1 aliphatic carbocycles. The van der Waals surface area contributed by atoms with Gasteiger partial charge in [0.2, 0.25) is 0 Å². The third-order valence-corrected chi connectivity index (χ3v) is 4.53. The molecular formula is C14H20N2O. The van der Waals surface area contributed by atoms with Crippen LogP contribution in [0.3, 0.4) is 0 Å². The largest absolute Gasteiger partial charge is 0.379 e. The fraction of sp³-hybridized carbons (Fsp3) is 0.643. The van der Waals surface area contributed by atoms with E-state index in [0.29, 0.717) is 6.04 Å². The molecule has 3 rings (SSSR count). The van der Waals surface area contributed by atoms with Crippen LogP contribution in [0, 0.1) is 5.92 Å². The van der Waals surface area contributed by atoms with Gasteiger partial charge in [0.1, 0.15) is 0 Å². The van der Waals surface area contributed by atoms with Gasteiger partial charge in [0.05, 0.1) is 13.2 Å². The Hall–Kier alpha value is -0.930. The normalized spacial score (nSPS) is 31.8. The lowest BCUT2D eigenvalue weighted by Gasteiger charge is -2.49. The zero-order valence-corrected chi connectivity index (χ0v) is 10.1. The molecule has 0 radical (unpaired) electrons. The van der Waals surface area contributed by atoms with E-state index in [1.165, 1.54) is 18.4 Å². The first-order valence-electron chi connectivity index (χ1n) is 6.55. The molecule has 92 valence electrons. The summed E-state index contributed by atoms with van der Waals surface area (Å²) in [5, 5.41) is 0. The third-order valence-electron chi connectivity index (χ3n) is 4.53. The van der Waals surface area contributed by atoms with Crippen molar-refractivity contribution in [3.8, 4) is 0 Å². The van der Waals surface area contributed by atoms with E-state index in [1.54, 1.807) is 0 Å². The molecule has 0 atom stereocenters. The molecule has 1 saturated heterocycles. The molecule has 3 heteroatoms. The first-order valence-corrected chi connectivity index (χ1v) is 6.55. The summed E-state index contributed by atoms with van der Waals surface area (Å²) in [5.41, 5.74) is 7.65. The highest BCUT2D eigenvalue weighted by molar-refractivity contribution is 5.27. The number of nitrogens with zero attached hydrogens (tertiary/aromatic N) is 1. The van der Waals surface area contributed by atoms with Crippen molar-refractivity contribution in [1.29, 1.82) is 0 Å². The maximum absolute atomic E-state index is 6.00. The molecule has 0 amide bonds. The fourth-order valence-electron chi connectivity index (χ4n) is 3.32. The Bertz CT molecular complexity index is 367. The lowest BCUT2D eigenvalue weighted by atomic mass is 9.63. The van der Waals surface area contributed by atoms with Crippen LogP contribution in [0.15, 0.2) is 24.5 Å². The smallest absolute Gasteiger partial charge is 0.0588 e. The van der Waals surface area contributed by atoms with Gasteiger partial charge < -0.3 is 10.5 Å². The van der Waals surface area contributed by atoms with Crippen molar-refractivity contribution in [3.05, 3.63) is 30.1 Å². The van der Waals surface area contributed by atoms with Crippen LogP contribution < -0.4 is 5.73 Å². The number of ether oxygens (including phenoxy) is 1. The molecular weight excluding hydrogens is 212 g/mol. The van der Waals surface area contributed by atoms with Crippen LogP contribution in [0.2, 0.25) is 0 Å². The first kappa shape index (κ1) is 11.2. The van der Waals surface area contributed by atoms with Gasteiger partial charge in [-0.2, -0.15) is 0 Å². The Labute approximate surface area is 102 Å². The lowest BCUT2D eigenvalue weighted by molar-refractivity contribution is -0.0984. The fourth-order valence-corrected chi connectivity index (χ4v) is 3.32. The number of nitrogens with two attached hydrogens (primary N) is 1. The number of aromatic nitrogens is 1. The van der Waals surface area contributed by atoms with E-state index < -0.39 is 0 Å². The highest BCUT2D eigenvalue weighted by Gasteiger charge is 2.47. The van der Waals surface area contributed by atoms with Crippen molar-refractivity contribution in [2.24, 2.45) is 11.7 Å². The second-order valence-electron chi connectivity index (χ2n) is 5.50. The summed E-state index contributed by atoms with van der Waals surface area (Å²) in [5.74, 6) is 0.735. The highest BCUT2D eigenvalue weighted by Crippen LogP contribution is 2.45. The SMILES string of the molecule is NC1CCC(C2(c3ccncc3)COC2)CC1. The van der Waals surface area contributed by atoms with Crippen molar-refractivity contribution >= 4 is 0 Å². The van der Waals surface area contributed by atoms with Gasteiger partial charge in [-0.25, -0.2) is 0 Å². The van der Waals surface area contributed by atoms with E-state index in [9.17, 15) is 0 Å². The van der Waals surface area contributed by atoms with Crippen LogP contribution in [0.4, 0.5) is 0 Å². The van der Waals surface area contributed by atoms with Crippen LogP contribution in [0.5, 0.6) is 0 Å². The van der Waals surface area contributed by atoms with E-state index in [1.807, 2.05) is 12.4 Å². The number of rotatable bonds is 2. The van der Waals surface area contributed by atoms with Gasteiger partial charge in [0.15, 0.2) is 0 Å². The standard InChI is InChI=1S/C14H20N2O/c15-13-3-1-11(2-4-13)14(9-17-10-14)12-5-7-16-8-6-12/h5-8,11,13H,1-4,9-10,15H2. The van der Waals surface area contributed by atoms with Crippen LogP contribution in [-0.2, 0) is 10.2 Å². The Balaban J connectivity index is 1.83. The summed E-state index contributed by atoms with van der Waals surface area (Å²) in [4.78, 5) is 4.11. The second kappa shape index (κ2) is 4.39. The van der Waals surface area contributed by atoms with Crippen molar-refractivity contribution in [3.63, 3.8) is 0 Å². The topological polar surface area (TPSA) is 48.1 Å². The number of hydrogen-bond donors (Lipinski definition) is 1. The van der Waals surface area contributed by atoms with Crippen molar-refractivity contribution in [1.82, 2.24) is 4.98 Å². The van der Waals surface area contributed by atoms with E-state index in [2.05, 4.69) is 17.1 Å². The molecule has 2 aliphatic rings. The summed E-state index contributed by atoms with van der Waals surface area (Å²) < 4.78 is 5.52. The molecule has 3 nitrogen and oxygen atoms in total. The van der Waals surface area contributed by atoms with Gasteiger partial charge in [-0.1, -0.05) is 0 Å². The minimum atomic E-state index is 0.253. The van der Waals surface area contributed by atoms with Crippen LogP contribution in [0.1, 0.15) is 31.2 Å². The molecule has 1 aromatic rings. The van der Waals surface area contributed by atoms with Crippen molar-refractivity contribution in [2.45, 2.75) is 37.1 Å². The Morgan fingerprint density at radius 3 is 2.29 bits per heavy atom. The average molecular weight is 232 g/mol. The van der Waals surface area contributed by atoms with E-state index in [0.717, 1.165) is 32.0 Å². The maximum atomic E-state index is 6.00. The average Bonchev–Trinajstić information content (AvgIpc) is 2.32. The molecule has 1 aromatic heterocycles. The molecule has 0 spiro atoms. The molecule has 0 unspecified atom stereocenters. The molecule has 0 bridgehead atoms. The van der Waals surface area contributed by atoms with Gasteiger partial charge in [-0.3, -0.25) is 4.98 Å². The molecule has 1 saturated carbocycles. The van der Waals surface area contributed by atoms with Crippen molar-refractivity contribution < 1.29 is 4.74 Å². The van der Waals surface area contributed by atoms with Crippen LogP contribution in [-0.4, -0.2) is 24.2 Å². The predicted molar refractivity (Wildman–Crippen MR) is 66.7 cm³/mol. The summed E-state index contributed by atoms with van der Waals surface area (Å²) in [6.07, 6.45) is 8.60. The zero-order chi connectivity index (χ0) is 11.7. The summed E-state index contributed by atoms with van der Waals surface area (Å²) >= 11 is 0. The van der Waals surface area contributed by atoms with Crippen LogP contribution in [0.25, 0.3) is 0 Å². The van der Waals surface area contributed by atoms with E-state index in [-0.39, 0.29) is 5.41 Å². The minimum absolute atomic E-state index is 0.253. The monoisotopic (exact) mass is 232 g/mol. The first-order chi connectivity index (χ1) is 8.31. The van der Waals surface area contributed by atoms with Gasteiger partial charge in [0.25, 0.3) is 0 Å². The molecule has 0 aromatic carbocycles. The maximum Gasteiger partial charge on any atom is 0.0588 e.